The molecule has 146 valence electrons. The van der Waals surface area contributed by atoms with Crippen molar-refractivity contribution in [2.75, 3.05) is 6.61 Å². The maximum absolute atomic E-state index is 11.8. The van der Waals surface area contributed by atoms with Crippen molar-refractivity contribution in [3.63, 3.8) is 0 Å². The molecule has 0 atom stereocenters. The average Bonchev–Trinajstić information content (AvgIpc) is 3.25. The molecule has 4 rings (SSSR count). The number of aromatic nitrogens is 2. The molecule has 0 N–H and O–H groups in total. The van der Waals surface area contributed by atoms with Crippen LogP contribution in [0, 0.1) is 0 Å². The molecule has 1 aliphatic rings. The van der Waals surface area contributed by atoms with Crippen molar-refractivity contribution in [2.45, 2.75) is 51.4 Å². The molecule has 3 aromatic rings. The topological polar surface area (TPSA) is 60.7 Å². The monoisotopic (exact) mass is 396 g/mol. The Morgan fingerprint density at radius 2 is 2.00 bits per heavy atom. The predicted octanol–water partition coefficient (Wildman–Crippen LogP) is 5.03. The lowest BCUT2D eigenvalue weighted by Gasteiger charge is -2.22. The second kappa shape index (κ2) is 8.27. The molecule has 0 aliphatic heterocycles. The molecule has 0 radical (unpaired) electrons. The number of fused-ring (bicyclic) bond motifs is 1. The van der Waals surface area contributed by atoms with Crippen LogP contribution in [0.25, 0.3) is 16.2 Å². The van der Waals surface area contributed by atoms with Gasteiger partial charge in [0.2, 0.25) is 0 Å². The van der Waals surface area contributed by atoms with Crippen LogP contribution in [-0.4, -0.2) is 28.2 Å². The van der Waals surface area contributed by atoms with Gasteiger partial charge >= 0.3 is 5.97 Å². The second-order valence-electron chi connectivity index (χ2n) is 7.25. The van der Waals surface area contributed by atoms with Gasteiger partial charge in [-0.25, -0.2) is 4.98 Å². The number of ether oxygens (including phenoxy) is 1. The molecule has 6 heteroatoms. The van der Waals surface area contributed by atoms with Gasteiger partial charge in [0.05, 0.1) is 13.0 Å². The minimum Gasteiger partial charge on any atom is -0.466 e. The molecule has 0 spiro atoms. The van der Waals surface area contributed by atoms with Crippen LogP contribution in [0.4, 0.5) is 0 Å². The van der Waals surface area contributed by atoms with Gasteiger partial charge in [-0.15, -0.1) is 11.3 Å². The number of carbonyl (C=O) groups is 2. The van der Waals surface area contributed by atoms with Crippen molar-refractivity contribution < 1.29 is 14.3 Å². The van der Waals surface area contributed by atoms with E-state index in [2.05, 4.69) is 29.2 Å². The van der Waals surface area contributed by atoms with E-state index >= 15 is 0 Å². The normalized spacial score (nSPS) is 15.0. The van der Waals surface area contributed by atoms with E-state index < -0.39 is 0 Å². The van der Waals surface area contributed by atoms with Crippen LogP contribution in [0.15, 0.2) is 30.5 Å². The minimum absolute atomic E-state index is 0.200. The summed E-state index contributed by atoms with van der Waals surface area (Å²) in [5, 5.41) is 0. The van der Waals surface area contributed by atoms with Gasteiger partial charge in [0.15, 0.2) is 11.2 Å². The number of benzene rings is 1. The van der Waals surface area contributed by atoms with E-state index in [4.69, 9.17) is 4.74 Å². The number of thiazole rings is 1. The molecule has 0 amide bonds. The van der Waals surface area contributed by atoms with Crippen LogP contribution in [0.1, 0.15) is 65.9 Å². The molecular weight excluding hydrogens is 372 g/mol. The first kappa shape index (κ1) is 18.9. The third kappa shape index (κ3) is 3.74. The Balaban J connectivity index is 1.60. The first-order chi connectivity index (χ1) is 13.7. The smallest absolute Gasteiger partial charge is 0.311 e. The van der Waals surface area contributed by atoms with Gasteiger partial charge in [-0.2, -0.15) is 0 Å². The highest BCUT2D eigenvalue weighted by atomic mass is 32.1. The Morgan fingerprint density at radius 3 is 2.68 bits per heavy atom. The number of hydrogen-bond acceptors (Lipinski definition) is 5. The highest BCUT2D eigenvalue weighted by Gasteiger charge is 2.19. The summed E-state index contributed by atoms with van der Waals surface area (Å²) >= 11 is 1.41. The fraction of sp³-hybridized carbons (Fsp3) is 0.409. The first-order valence-corrected chi connectivity index (χ1v) is 10.7. The molecule has 0 bridgehead atoms. The average molecular weight is 397 g/mol. The largest absolute Gasteiger partial charge is 0.466 e. The van der Waals surface area contributed by atoms with Crippen molar-refractivity contribution in [1.82, 2.24) is 9.38 Å². The summed E-state index contributed by atoms with van der Waals surface area (Å²) in [5.74, 6) is 0.391. The predicted molar refractivity (Wildman–Crippen MR) is 110 cm³/mol. The molecule has 1 saturated carbocycles. The van der Waals surface area contributed by atoms with Crippen LogP contribution >= 0.6 is 11.3 Å². The number of aldehydes is 1. The van der Waals surface area contributed by atoms with E-state index in [9.17, 15) is 9.59 Å². The molecule has 0 unspecified atom stereocenters. The number of nitrogens with zero attached hydrogens (tertiary/aromatic N) is 2. The van der Waals surface area contributed by atoms with E-state index in [0.717, 1.165) is 16.7 Å². The highest BCUT2D eigenvalue weighted by molar-refractivity contribution is 7.17. The summed E-state index contributed by atoms with van der Waals surface area (Å²) in [6.45, 7) is 2.15. The van der Waals surface area contributed by atoms with Crippen LogP contribution in [0.3, 0.4) is 0 Å². The zero-order chi connectivity index (χ0) is 19.5. The van der Waals surface area contributed by atoms with Crippen molar-refractivity contribution >= 4 is 28.6 Å². The molecule has 1 aliphatic carbocycles. The highest BCUT2D eigenvalue weighted by Crippen LogP contribution is 2.34. The third-order valence-corrected chi connectivity index (χ3v) is 6.39. The maximum Gasteiger partial charge on any atom is 0.311 e. The SMILES string of the molecule is CCOC(=O)Cc1cn2c(C=O)c(-c3ccc(C4CCCCC4)cc3)nc2s1. The van der Waals surface area contributed by atoms with Gasteiger partial charge in [-0.3, -0.25) is 14.0 Å². The Hall–Kier alpha value is -2.47. The number of hydrogen-bond donors (Lipinski definition) is 0. The van der Waals surface area contributed by atoms with Crippen LogP contribution in [-0.2, 0) is 16.0 Å². The van der Waals surface area contributed by atoms with Crippen LogP contribution in [0.2, 0.25) is 0 Å². The minimum atomic E-state index is -0.266. The van der Waals surface area contributed by atoms with Gasteiger partial charge in [0.1, 0.15) is 11.4 Å². The summed E-state index contributed by atoms with van der Waals surface area (Å²) in [7, 11) is 0. The Bertz CT molecular complexity index is 981. The van der Waals surface area contributed by atoms with E-state index in [1.54, 1.807) is 11.3 Å². The fourth-order valence-corrected chi connectivity index (χ4v) is 4.99. The first-order valence-electron chi connectivity index (χ1n) is 9.91. The number of esters is 1. The molecule has 28 heavy (non-hydrogen) atoms. The zero-order valence-corrected chi connectivity index (χ0v) is 16.8. The van der Waals surface area contributed by atoms with Crippen molar-refractivity contribution in [2.24, 2.45) is 0 Å². The van der Waals surface area contributed by atoms with E-state index in [-0.39, 0.29) is 12.4 Å². The summed E-state index contributed by atoms with van der Waals surface area (Å²) in [4.78, 5) is 29.7. The lowest BCUT2D eigenvalue weighted by atomic mass is 9.84. The fourth-order valence-electron chi connectivity index (χ4n) is 4.02. The Morgan fingerprint density at radius 1 is 1.25 bits per heavy atom. The number of carbonyl (C=O) groups excluding carboxylic acids is 2. The van der Waals surface area contributed by atoms with Gasteiger partial charge < -0.3 is 4.74 Å². The van der Waals surface area contributed by atoms with Gasteiger partial charge in [0.25, 0.3) is 0 Å². The van der Waals surface area contributed by atoms with Crippen molar-refractivity contribution in [3.05, 3.63) is 46.6 Å². The van der Waals surface area contributed by atoms with Crippen LogP contribution < -0.4 is 0 Å². The summed E-state index contributed by atoms with van der Waals surface area (Å²) in [5.41, 5.74) is 3.55. The summed E-state index contributed by atoms with van der Waals surface area (Å²) < 4.78 is 6.77. The third-order valence-electron chi connectivity index (χ3n) is 5.41. The molecular formula is C22H24N2O3S. The summed E-state index contributed by atoms with van der Waals surface area (Å²) in [6, 6.07) is 8.50. The molecule has 1 aromatic carbocycles. The lowest BCUT2D eigenvalue weighted by Crippen LogP contribution is -2.06. The molecule has 2 heterocycles. The quantitative estimate of drug-likeness (QED) is 0.433. The van der Waals surface area contributed by atoms with Crippen LogP contribution in [0.5, 0.6) is 0 Å². The maximum atomic E-state index is 11.8. The van der Waals surface area contributed by atoms with E-state index in [1.165, 1.54) is 49.0 Å². The Labute approximate surface area is 168 Å². The second-order valence-corrected chi connectivity index (χ2v) is 8.35. The summed E-state index contributed by atoms with van der Waals surface area (Å²) in [6.07, 6.45) is 9.36. The van der Waals surface area contributed by atoms with Gasteiger partial charge in [-0.05, 0) is 31.2 Å². The van der Waals surface area contributed by atoms with Gasteiger partial charge in [-0.1, -0.05) is 43.5 Å². The van der Waals surface area contributed by atoms with E-state index in [1.807, 2.05) is 6.20 Å². The number of imidazole rings is 1. The van der Waals surface area contributed by atoms with Crippen molar-refractivity contribution in [1.29, 1.82) is 0 Å². The molecule has 2 aromatic heterocycles. The zero-order valence-electron chi connectivity index (χ0n) is 16.0. The lowest BCUT2D eigenvalue weighted by molar-refractivity contribution is -0.142. The molecule has 0 saturated heterocycles. The Kier molecular flexibility index (Phi) is 5.57. The van der Waals surface area contributed by atoms with Gasteiger partial charge in [0, 0.05) is 16.6 Å². The standard InChI is InChI=1S/C22H24N2O3S/c1-2-27-20(26)12-18-13-24-19(14-25)21(23-22(24)28-18)17-10-8-16(9-11-17)15-6-4-3-5-7-15/h8-11,13-15H,2-7,12H2,1H3. The number of rotatable bonds is 6. The molecule has 5 nitrogen and oxygen atoms in total. The van der Waals surface area contributed by atoms with Crippen molar-refractivity contribution in [3.8, 4) is 11.3 Å². The van der Waals surface area contributed by atoms with E-state index in [0.29, 0.717) is 28.9 Å². The molecule has 1 fully saturated rings.